The van der Waals surface area contributed by atoms with E-state index < -0.39 is 12.0 Å². The first kappa shape index (κ1) is 19.7. The molecule has 2 unspecified atom stereocenters. The van der Waals surface area contributed by atoms with E-state index in [2.05, 4.69) is 20.8 Å². The lowest BCUT2D eigenvalue weighted by Crippen LogP contribution is -2.46. The van der Waals surface area contributed by atoms with E-state index in [9.17, 15) is 9.59 Å². The Kier molecular flexibility index (Phi) is 7.67. The van der Waals surface area contributed by atoms with Gasteiger partial charge in [0, 0.05) is 0 Å². The van der Waals surface area contributed by atoms with E-state index in [0.717, 1.165) is 19.3 Å². The summed E-state index contributed by atoms with van der Waals surface area (Å²) in [5, 5.41) is 15.3. The number of carbonyl (C=O) groups excluding carboxylic acids is 2. The van der Waals surface area contributed by atoms with Gasteiger partial charge < -0.3 is 10.1 Å². The van der Waals surface area contributed by atoms with Gasteiger partial charge in [-0.15, -0.1) is 5.10 Å². The molecule has 0 radical (unpaired) electrons. The predicted octanol–water partition coefficient (Wildman–Crippen LogP) is 1.97. The van der Waals surface area contributed by atoms with Crippen LogP contribution in [0, 0.1) is 5.92 Å². The molecule has 1 amide bonds. The minimum atomic E-state index is -0.627. The fraction of sp³-hybridized carbons (Fsp3) is 0.812. The standard InChI is InChI=1S/C16H27N5O3S/c1-4-11(2)14(15(23)24-3)17-13(22)10-25-16-18-19-20-21(16)12-8-6-5-7-9-12/h11-12,14H,4-10H2,1-3H3,(H,17,22). The molecule has 0 bridgehead atoms. The Morgan fingerprint density at radius 3 is 2.72 bits per heavy atom. The highest BCUT2D eigenvalue weighted by molar-refractivity contribution is 7.99. The maximum atomic E-state index is 12.3. The number of esters is 1. The molecule has 0 aromatic carbocycles. The number of tetrazole rings is 1. The topological polar surface area (TPSA) is 99.0 Å². The van der Waals surface area contributed by atoms with Crippen molar-refractivity contribution in [2.24, 2.45) is 5.92 Å². The van der Waals surface area contributed by atoms with Gasteiger partial charge in [0.15, 0.2) is 0 Å². The average molecular weight is 369 g/mol. The maximum Gasteiger partial charge on any atom is 0.328 e. The Morgan fingerprint density at radius 1 is 1.36 bits per heavy atom. The summed E-state index contributed by atoms with van der Waals surface area (Å²) in [6.07, 6.45) is 6.54. The third kappa shape index (κ3) is 5.42. The van der Waals surface area contributed by atoms with Gasteiger partial charge in [0.1, 0.15) is 6.04 Å². The average Bonchev–Trinajstić information content (AvgIpc) is 3.12. The first-order valence-corrected chi connectivity index (χ1v) is 9.83. The van der Waals surface area contributed by atoms with Crippen LogP contribution in [0.5, 0.6) is 0 Å². The summed E-state index contributed by atoms with van der Waals surface area (Å²) in [5.74, 6) is -0.468. The lowest BCUT2D eigenvalue weighted by atomic mass is 9.96. The predicted molar refractivity (Wildman–Crippen MR) is 94.1 cm³/mol. The molecule has 1 aliphatic carbocycles. The van der Waals surface area contributed by atoms with Crippen LogP contribution in [-0.4, -0.2) is 51.0 Å². The fourth-order valence-electron chi connectivity index (χ4n) is 2.98. The van der Waals surface area contributed by atoms with Crippen LogP contribution in [0.4, 0.5) is 0 Å². The number of ether oxygens (including phenoxy) is 1. The quantitative estimate of drug-likeness (QED) is 0.552. The minimum Gasteiger partial charge on any atom is -0.467 e. The molecule has 1 aliphatic rings. The summed E-state index contributed by atoms with van der Waals surface area (Å²) in [5.41, 5.74) is 0. The molecule has 1 fully saturated rings. The zero-order valence-electron chi connectivity index (χ0n) is 15.1. The van der Waals surface area contributed by atoms with Crippen molar-refractivity contribution in [2.75, 3.05) is 12.9 Å². The summed E-state index contributed by atoms with van der Waals surface area (Å²) in [6.45, 7) is 3.89. The molecule has 2 rings (SSSR count). The summed E-state index contributed by atoms with van der Waals surface area (Å²) in [6, 6.07) is -0.310. The Morgan fingerprint density at radius 2 is 2.08 bits per heavy atom. The van der Waals surface area contributed by atoms with Crippen molar-refractivity contribution in [3.8, 4) is 0 Å². The van der Waals surface area contributed by atoms with Gasteiger partial charge in [0.25, 0.3) is 0 Å². The van der Waals surface area contributed by atoms with Crippen molar-refractivity contribution in [1.29, 1.82) is 0 Å². The Hall–Kier alpha value is -1.64. The summed E-state index contributed by atoms with van der Waals surface area (Å²) >= 11 is 1.30. The molecule has 140 valence electrons. The number of hydrogen-bond acceptors (Lipinski definition) is 7. The molecule has 2 atom stereocenters. The van der Waals surface area contributed by atoms with Crippen LogP contribution in [0.25, 0.3) is 0 Å². The molecule has 9 heteroatoms. The van der Waals surface area contributed by atoms with Crippen molar-refractivity contribution in [2.45, 2.75) is 69.6 Å². The normalized spacial score (nSPS) is 17.7. The molecule has 1 heterocycles. The van der Waals surface area contributed by atoms with Crippen molar-refractivity contribution < 1.29 is 14.3 Å². The van der Waals surface area contributed by atoms with E-state index in [-0.39, 0.29) is 17.6 Å². The molecule has 8 nitrogen and oxygen atoms in total. The van der Waals surface area contributed by atoms with E-state index in [1.165, 1.54) is 38.1 Å². The highest BCUT2D eigenvalue weighted by atomic mass is 32.2. The molecule has 1 aromatic heterocycles. The second-order valence-corrected chi connectivity index (χ2v) is 7.38. The third-order valence-electron chi connectivity index (χ3n) is 4.70. The van der Waals surface area contributed by atoms with Crippen molar-refractivity contribution in [3.05, 3.63) is 0 Å². The fourth-order valence-corrected chi connectivity index (χ4v) is 3.73. The number of amides is 1. The Balaban J connectivity index is 1.91. The Labute approximate surface area is 152 Å². The van der Waals surface area contributed by atoms with Crippen molar-refractivity contribution in [3.63, 3.8) is 0 Å². The van der Waals surface area contributed by atoms with Crippen LogP contribution in [0.1, 0.15) is 58.4 Å². The maximum absolute atomic E-state index is 12.3. The van der Waals surface area contributed by atoms with Gasteiger partial charge >= 0.3 is 5.97 Å². The van der Waals surface area contributed by atoms with Crippen LogP contribution in [0.3, 0.4) is 0 Å². The van der Waals surface area contributed by atoms with Gasteiger partial charge in [-0.1, -0.05) is 51.3 Å². The SMILES string of the molecule is CCC(C)C(NC(=O)CSc1nnnn1C1CCCCC1)C(=O)OC. The molecular formula is C16H27N5O3S. The minimum absolute atomic E-state index is 0.00829. The zero-order chi connectivity index (χ0) is 18.2. The number of methoxy groups -OCH3 is 1. The van der Waals surface area contributed by atoms with Crippen molar-refractivity contribution in [1.82, 2.24) is 25.5 Å². The van der Waals surface area contributed by atoms with Gasteiger partial charge in [-0.05, 0) is 29.2 Å². The number of hydrogen-bond donors (Lipinski definition) is 1. The summed E-state index contributed by atoms with van der Waals surface area (Å²) < 4.78 is 6.62. The number of thioether (sulfide) groups is 1. The molecule has 0 spiro atoms. The van der Waals surface area contributed by atoms with E-state index in [4.69, 9.17) is 4.74 Å². The first-order valence-electron chi connectivity index (χ1n) is 8.84. The van der Waals surface area contributed by atoms with Crippen LogP contribution in [-0.2, 0) is 14.3 Å². The summed E-state index contributed by atoms with van der Waals surface area (Å²) in [7, 11) is 1.33. The highest BCUT2D eigenvalue weighted by Crippen LogP contribution is 2.30. The largest absolute Gasteiger partial charge is 0.467 e. The van der Waals surface area contributed by atoms with E-state index >= 15 is 0 Å². The molecule has 1 saturated carbocycles. The van der Waals surface area contributed by atoms with Gasteiger partial charge in [-0.25, -0.2) is 9.48 Å². The van der Waals surface area contributed by atoms with Crippen LogP contribution < -0.4 is 5.32 Å². The van der Waals surface area contributed by atoms with Crippen molar-refractivity contribution >= 4 is 23.6 Å². The lowest BCUT2D eigenvalue weighted by molar-refractivity contribution is -0.146. The van der Waals surface area contributed by atoms with E-state index in [1.807, 2.05) is 18.5 Å². The second kappa shape index (κ2) is 9.74. The lowest BCUT2D eigenvalue weighted by Gasteiger charge is -2.22. The smallest absolute Gasteiger partial charge is 0.328 e. The second-order valence-electron chi connectivity index (χ2n) is 6.44. The number of aromatic nitrogens is 4. The van der Waals surface area contributed by atoms with Gasteiger partial charge in [-0.2, -0.15) is 0 Å². The summed E-state index contributed by atoms with van der Waals surface area (Å²) in [4.78, 5) is 24.1. The van der Waals surface area contributed by atoms with Crippen LogP contribution in [0.15, 0.2) is 5.16 Å². The van der Waals surface area contributed by atoms with E-state index in [1.54, 1.807) is 0 Å². The number of carbonyl (C=O) groups is 2. The zero-order valence-corrected chi connectivity index (χ0v) is 15.9. The molecule has 1 N–H and O–H groups in total. The van der Waals surface area contributed by atoms with Gasteiger partial charge in [0.2, 0.25) is 11.1 Å². The monoisotopic (exact) mass is 369 g/mol. The van der Waals surface area contributed by atoms with E-state index in [0.29, 0.717) is 11.2 Å². The molecule has 1 aromatic rings. The first-order chi connectivity index (χ1) is 12.1. The third-order valence-corrected chi connectivity index (χ3v) is 5.63. The molecule has 25 heavy (non-hydrogen) atoms. The molecular weight excluding hydrogens is 342 g/mol. The highest BCUT2D eigenvalue weighted by Gasteiger charge is 2.27. The van der Waals surface area contributed by atoms with Gasteiger partial charge in [-0.3, -0.25) is 4.79 Å². The van der Waals surface area contributed by atoms with Crippen LogP contribution >= 0.6 is 11.8 Å². The Bertz CT molecular complexity index is 574. The molecule has 0 saturated heterocycles. The number of nitrogens with zero attached hydrogens (tertiary/aromatic N) is 4. The van der Waals surface area contributed by atoms with Gasteiger partial charge in [0.05, 0.1) is 18.9 Å². The van der Waals surface area contributed by atoms with Crippen LogP contribution in [0.2, 0.25) is 0 Å². The number of rotatable bonds is 8. The number of nitrogens with one attached hydrogen (secondary N) is 1. The molecule has 0 aliphatic heterocycles.